The van der Waals surface area contributed by atoms with E-state index in [0.29, 0.717) is 5.92 Å². The Morgan fingerprint density at radius 3 is 3.16 bits per heavy atom. The van der Waals surface area contributed by atoms with E-state index in [9.17, 15) is 4.79 Å². The third kappa shape index (κ3) is 2.40. The van der Waals surface area contributed by atoms with Gasteiger partial charge in [-0.05, 0) is 12.1 Å². The van der Waals surface area contributed by atoms with Crippen LogP contribution in [0.3, 0.4) is 0 Å². The molecule has 0 fully saturated rings. The number of hydrogen-bond acceptors (Lipinski definition) is 3. The molecule has 0 amide bonds. The summed E-state index contributed by atoms with van der Waals surface area (Å²) in [6.07, 6.45) is 5.42. The lowest BCUT2D eigenvalue weighted by molar-refractivity contribution is -0.142. The van der Waals surface area contributed by atoms with E-state index in [0.717, 1.165) is 27.8 Å². The van der Waals surface area contributed by atoms with E-state index in [1.54, 1.807) is 0 Å². The molecule has 19 heavy (non-hydrogen) atoms. The fourth-order valence-corrected chi connectivity index (χ4v) is 3.15. The SMILES string of the molecule is O=C(O)COCc1cc(Br)cc2c1O[C@@H]1CC=C[C@H]21. The zero-order chi connectivity index (χ0) is 13.4. The molecule has 1 heterocycles. The van der Waals surface area contributed by atoms with Crippen molar-refractivity contribution in [1.82, 2.24) is 0 Å². The largest absolute Gasteiger partial charge is 0.488 e. The summed E-state index contributed by atoms with van der Waals surface area (Å²) < 4.78 is 12.1. The molecule has 1 N–H and O–H groups in total. The van der Waals surface area contributed by atoms with Gasteiger partial charge in [0.2, 0.25) is 0 Å². The fourth-order valence-electron chi connectivity index (χ4n) is 2.63. The molecule has 3 rings (SSSR count). The number of hydrogen-bond donors (Lipinski definition) is 1. The Kier molecular flexibility index (Phi) is 3.33. The molecule has 2 aliphatic rings. The van der Waals surface area contributed by atoms with Crippen LogP contribution in [0.15, 0.2) is 28.8 Å². The molecular weight excluding hydrogens is 312 g/mol. The van der Waals surface area contributed by atoms with Crippen molar-refractivity contribution in [1.29, 1.82) is 0 Å². The van der Waals surface area contributed by atoms with Crippen molar-refractivity contribution < 1.29 is 19.4 Å². The van der Waals surface area contributed by atoms with E-state index in [1.807, 2.05) is 6.07 Å². The van der Waals surface area contributed by atoms with Crippen molar-refractivity contribution >= 4 is 21.9 Å². The van der Waals surface area contributed by atoms with Crippen LogP contribution in [0.2, 0.25) is 0 Å². The maximum atomic E-state index is 10.5. The van der Waals surface area contributed by atoms with Crippen LogP contribution < -0.4 is 4.74 Å². The van der Waals surface area contributed by atoms with Crippen LogP contribution in [-0.4, -0.2) is 23.8 Å². The van der Waals surface area contributed by atoms with E-state index in [4.69, 9.17) is 14.6 Å². The monoisotopic (exact) mass is 324 g/mol. The van der Waals surface area contributed by atoms with Crippen LogP contribution in [0.1, 0.15) is 23.5 Å². The fraction of sp³-hybridized carbons (Fsp3) is 0.357. The van der Waals surface area contributed by atoms with E-state index in [-0.39, 0.29) is 19.3 Å². The van der Waals surface area contributed by atoms with Crippen molar-refractivity contribution in [3.8, 4) is 5.75 Å². The first-order valence-corrected chi connectivity index (χ1v) is 6.89. The van der Waals surface area contributed by atoms with Crippen LogP contribution >= 0.6 is 15.9 Å². The standard InChI is InChI=1S/C14H13BrO4/c15-9-4-8(6-18-7-13(16)17)14-11(5-9)10-2-1-3-12(10)19-14/h1-2,4-5,10,12H,3,6-7H2,(H,16,17)/t10-,12-/m1/s1. The second kappa shape index (κ2) is 4.98. The van der Waals surface area contributed by atoms with Crippen molar-refractivity contribution in [3.05, 3.63) is 39.9 Å². The molecule has 0 radical (unpaired) electrons. The molecule has 1 aromatic rings. The second-order valence-electron chi connectivity index (χ2n) is 4.72. The van der Waals surface area contributed by atoms with Crippen LogP contribution in [0, 0.1) is 0 Å². The molecule has 1 aliphatic heterocycles. The Morgan fingerprint density at radius 2 is 2.37 bits per heavy atom. The van der Waals surface area contributed by atoms with Gasteiger partial charge in [0, 0.05) is 27.9 Å². The number of aliphatic carboxylic acids is 1. The summed E-state index contributed by atoms with van der Waals surface area (Å²) in [6.45, 7) is -0.0503. The molecule has 0 unspecified atom stereocenters. The molecule has 1 aliphatic carbocycles. The average Bonchev–Trinajstić information content (AvgIpc) is 2.90. The van der Waals surface area contributed by atoms with Gasteiger partial charge in [-0.1, -0.05) is 28.1 Å². The zero-order valence-electron chi connectivity index (χ0n) is 10.1. The molecule has 5 heteroatoms. The molecule has 0 saturated carbocycles. The highest BCUT2D eigenvalue weighted by Gasteiger charge is 2.36. The number of fused-ring (bicyclic) bond motifs is 3. The summed E-state index contributed by atoms with van der Waals surface area (Å²) in [5.74, 6) is 0.200. The molecule has 0 spiro atoms. The Bertz CT molecular complexity index is 553. The summed E-state index contributed by atoms with van der Waals surface area (Å²) in [4.78, 5) is 10.5. The lowest BCUT2D eigenvalue weighted by Gasteiger charge is -2.11. The molecule has 0 aromatic heterocycles. The van der Waals surface area contributed by atoms with Gasteiger partial charge in [-0.2, -0.15) is 0 Å². The molecular formula is C14H13BrO4. The lowest BCUT2D eigenvalue weighted by atomic mass is 9.97. The summed E-state index contributed by atoms with van der Waals surface area (Å²) >= 11 is 3.48. The lowest BCUT2D eigenvalue weighted by Crippen LogP contribution is -2.12. The van der Waals surface area contributed by atoms with Gasteiger partial charge < -0.3 is 14.6 Å². The first-order valence-electron chi connectivity index (χ1n) is 6.10. The number of carboxylic acid groups (broad SMARTS) is 1. The zero-order valence-corrected chi connectivity index (χ0v) is 11.7. The molecule has 0 saturated heterocycles. The number of carboxylic acids is 1. The molecule has 1 aromatic carbocycles. The first-order chi connectivity index (χ1) is 9.15. The topological polar surface area (TPSA) is 55.8 Å². The van der Waals surface area contributed by atoms with Crippen molar-refractivity contribution in [2.45, 2.75) is 25.0 Å². The number of benzene rings is 1. The summed E-state index contributed by atoms with van der Waals surface area (Å²) in [6, 6.07) is 3.99. The molecule has 4 nitrogen and oxygen atoms in total. The number of ether oxygens (including phenoxy) is 2. The van der Waals surface area contributed by atoms with Gasteiger partial charge >= 0.3 is 5.97 Å². The van der Waals surface area contributed by atoms with Gasteiger partial charge in [-0.3, -0.25) is 0 Å². The van der Waals surface area contributed by atoms with Gasteiger partial charge in [0.1, 0.15) is 18.5 Å². The average molecular weight is 325 g/mol. The predicted octanol–water partition coefficient (Wildman–Crippen LogP) is 2.85. The highest BCUT2D eigenvalue weighted by molar-refractivity contribution is 9.10. The molecule has 2 atom stereocenters. The normalized spacial score (nSPS) is 23.0. The van der Waals surface area contributed by atoms with Crippen molar-refractivity contribution in [3.63, 3.8) is 0 Å². The van der Waals surface area contributed by atoms with E-state index in [1.165, 1.54) is 0 Å². The maximum Gasteiger partial charge on any atom is 0.329 e. The number of carbonyl (C=O) groups is 1. The minimum absolute atomic E-state index is 0.183. The van der Waals surface area contributed by atoms with E-state index >= 15 is 0 Å². The highest BCUT2D eigenvalue weighted by Crippen LogP contribution is 2.46. The Morgan fingerprint density at radius 1 is 1.53 bits per heavy atom. The van der Waals surface area contributed by atoms with Crippen LogP contribution in [0.5, 0.6) is 5.75 Å². The Labute approximate surface area is 119 Å². The molecule has 0 bridgehead atoms. The van der Waals surface area contributed by atoms with E-state index < -0.39 is 5.97 Å². The van der Waals surface area contributed by atoms with Crippen molar-refractivity contribution in [2.75, 3.05) is 6.61 Å². The predicted molar refractivity (Wildman–Crippen MR) is 72.3 cm³/mol. The Balaban J connectivity index is 1.85. The Hall–Kier alpha value is -1.33. The smallest absolute Gasteiger partial charge is 0.329 e. The molecule has 100 valence electrons. The first kappa shape index (κ1) is 12.7. The third-order valence-corrected chi connectivity index (χ3v) is 3.84. The summed E-state index contributed by atoms with van der Waals surface area (Å²) in [7, 11) is 0. The van der Waals surface area contributed by atoms with Gasteiger partial charge in [-0.15, -0.1) is 0 Å². The van der Waals surface area contributed by atoms with Gasteiger partial charge in [0.15, 0.2) is 0 Å². The van der Waals surface area contributed by atoms with Gasteiger partial charge in [0.05, 0.1) is 6.61 Å². The quantitative estimate of drug-likeness (QED) is 0.865. The maximum absolute atomic E-state index is 10.5. The summed E-state index contributed by atoms with van der Waals surface area (Å²) in [5.41, 5.74) is 2.05. The van der Waals surface area contributed by atoms with Crippen LogP contribution in [-0.2, 0) is 16.1 Å². The number of rotatable bonds is 4. The third-order valence-electron chi connectivity index (χ3n) is 3.38. The number of halogens is 1. The van der Waals surface area contributed by atoms with Gasteiger partial charge in [0.25, 0.3) is 0 Å². The minimum Gasteiger partial charge on any atom is -0.488 e. The van der Waals surface area contributed by atoms with Crippen molar-refractivity contribution in [2.24, 2.45) is 0 Å². The summed E-state index contributed by atoms with van der Waals surface area (Å²) in [5, 5.41) is 8.60. The minimum atomic E-state index is -0.965. The second-order valence-corrected chi connectivity index (χ2v) is 5.63. The van der Waals surface area contributed by atoms with E-state index in [2.05, 4.69) is 34.1 Å². The van der Waals surface area contributed by atoms with Crippen LogP contribution in [0.4, 0.5) is 0 Å². The van der Waals surface area contributed by atoms with Gasteiger partial charge in [-0.25, -0.2) is 4.79 Å². The highest BCUT2D eigenvalue weighted by atomic mass is 79.9. The van der Waals surface area contributed by atoms with Crippen LogP contribution in [0.25, 0.3) is 0 Å².